The molecule has 0 spiro atoms. The maximum absolute atomic E-state index is 12.4. The van der Waals surface area contributed by atoms with Crippen LogP contribution in [0.1, 0.15) is 28.8 Å². The molecule has 2 N–H and O–H groups in total. The number of carbonyl (C=O) groups is 1. The smallest absolute Gasteiger partial charge is 0.251 e. The summed E-state index contributed by atoms with van der Waals surface area (Å²) in [5, 5.41) is 6.47. The van der Waals surface area contributed by atoms with Crippen molar-refractivity contribution in [3.63, 3.8) is 0 Å². The van der Waals surface area contributed by atoms with E-state index in [4.69, 9.17) is 4.98 Å². The van der Waals surface area contributed by atoms with Gasteiger partial charge in [-0.25, -0.2) is 9.97 Å². The van der Waals surface area contributed by atoms with Crippen LogP contribution < -0.4 is 10.6 Å². The second-order valence-electron chi connectivity index (χ2n) is 8.58. The fourth-order valence-corrected chi connectivity index (χ4v) is 3.96. The lowest BCUT2D eigenvalue weighted by Gasteiger charge is -2.12. The summed E-state index contributed by atoms with van der Waals surface area (Å²) in [6, 6.07) is 15.8. The predicted molar refractivity (Wildman–Crippen MR) is 134 cm³/mol. The van der Waals surface area contributed by atoms with E-state index in [2.05, 4.69) is 25.6 Å². The Morgan fingerprint density at radius 1 is 0.914 bits per heavy atom. The van der Waals surface area contributed by atoms with E-state index >= 15 is 0 Å². The Kier molecular flexibility index (Phi) is 5.38. The number of aromatic nitrogens is 5. The number of rotatable bonds is 7. The molecule has 4 aromatic heterocycles. The lowest BCUT2D eigenvalue weighted by Crippen LogP contribution is -2.25. The van der Waals surface area contributed by atoms with Crippen molar-refractivity contribution in [2.24, 2.45) is 0 Å². The molecule has 8 nitrogen and oxygen atoms in total. The number of fused-ring (bicyclic) bond motifs is 1. The number of nitrogens with one attached hydrogen (secondary N) is 2. The summed E-state index contributed by atoms with van der Waals surface area (Å²) in [4.78, 5) is 30.2. The number of hydrogen-bond donors (Lipinski definition) is 2. The molecule has 35 heavy (non-hydrogen) atoms. The van der Waals surface area contributed by atoms with E-state index < -0.39 is 0 Å². The average molecular weight is 462 g/mol. The van der Waals surface area contributed by atoms with E-state index in [1.807, 2.05) is 65.3 Å². The zero-order chi connectivity index (χ0) is 23.6. The fourth-order valence-electron chi connectivity index (χ4n) is 3.96. The molecule has 1 aromatic carbocycles. The first kappa shape index (κ1) is 21.0. The van der Waals surface area contributed by atoms with Crippen molar-refractivity contribution in [3.8, 4) is 22.5 Å². The monoisotopic (exact) mass is 461 g/mol. The molecule has 1 aliphatic rings. The number of nitrogens with zero attached hydrogens (tertiary/aromatic N) is 5. The number of hydrogen-bond acceptors (Lipinski definition) is 6. The highest BCUT2D eigenvalue weighted by Crippen LogP contribution is 2.28. The summed E-state index contributed by atoms with van der Waals surface area (Å²) in [6.07, 6.45) is 13.0. The molecule has 0 saturated heterocycles. The van der Waals surface area contributed by atoms with E-state index in [-0.39, 0.29) is 5.91 Å². The summed E-state index contributed by atoms with van der Waals surface area (Å²) in [7, 11) is 0. The zero-order valence-electron chi connectivity index (χ0n) is 18.9. The van der Waals surface area contributed by atoms with E-state index in [0.29, 0.717) is 24.0 Å². The van der Waals surface area contributed by atoms with Gasteiger partial charge in [-0.2, -0.15) is 0 Å². The van der Waals surface area contributed by atoms with E-state index in [1.165, 1.54) is 0 Å². The second kappa shape index (κ2) is 8.98. The van der Waals surface area contributed by atoms with Crippen molar-refractivity contribution in [3.05, 3.63) is 96.8 Å². The first-order valence-corrected chi connectivity index (χ1v) is 11.6. The number of imidazole rings is 1. The number of amides is 1. The highest BCUT2D eigenvalue weighted by Gasteiger charge is 2.23. The van der Waals surface area contributed by atoms with Gasteiger partial charge in [0.1, 0.15) is 0 Å². The molecule has 8 heteroatoms. The molecular formula is C27H23N7O. The van der Waals surface area contributed by atoms with Gasteiger partial charge in [0.05, 0.1) is 17.6 Å². The van der Waals surface area contributed by atoms with Crippen molar-refractivity contribution in [1.29, 1.82) is 0 Å². The first-order chi connectivity index (χ1) is 17.2. The third-order valence-electron chi connectivity index (χ3n) is 6.03. The topological polar surface area (TPSA) is 97.1 Å². The molecule has 1 aliphatic carbocycles. The van der Waals surface area contributed by atoms with Crippen LogP contribution >= 0.6 is 0 Å². The first-order valence-electron chi connectivity index (χ1n) is 11.6. The summed E-state index contributed by atoms with van der Waals surface area (Å²) in [6.45, 7) is 0.595. The molecular weight excluding hydrogens is 438 g/mol. The van der Waals surface area contributed by atoms with Crippen LogP contribution in [0.15, 0.2) is 85.7 Å². The molecule has 0 bridgehead atoms. The summed E-state index contributed by atoms with van der Waals surface area (Å²) < 4.78 is 2.04. The molecule has 172 valence electrons. The van der Waals surface area contributed by atoms with Crippen LogP contribution in [-0.2, 0) is 6.54 Å². The third kappa shape index (κ3) is 4.46. The second-order valence-corrected chi connectivity index (χ2v) is 8.58. The number of anilines is 1. The largest absolute Gasteiger partial charge is 0.363 e. The molecule has 1 amide bonds. The Bertz CT molecular complexity index is 1480. The van der Waals surface area contributed by atoms with Gasteiger partial charge in [-0.05, 0) is 54.8 Å². The maximum Gasteiger partial charge on any atom is 0.251 e. The average Bonchev–Trinajstić information content (AvgIpc) is 3.63. The molecule has 5 aromatic rings. The summed E-state index contributed by atoms with van der Waals surface area (Å²) >= 11 is 0. The third-order valence-corrected chi connectivity index (χ3v) is 6.03. The van der Waals surface area contributed by atoms with Crippen LogP contribution in [0.2, 0.25) is 0 Å². The van der Waals surface area contributed by atoms with Crippen molar-refractivity contribution < 1.29 is 4.79 Å². The van der Waals surface area contributed by atoms with E-state index in [9.17, 15) is 4.79 Å². The van der Waals surface area contributed by atoms with Gasteiger partial charge in [0, 0.05) is 60.3 Å². The molecule has 6 rings (SSSR count). The van der Waals surface area contributed by atoms with Crippen molar-refractivity contribution in [2.45, 2.75) is 25.4 Å². The molecule has 0 aliphatic heterocycles. The van der Waals surface area contributed by atoms with Gasteiger partial charge < -0.3 is 10.6 Å². The van der Waals surface area contributed by atoms with Crippen LogP contribution in [-0.4, -0.2) is 36.3 Å². The Morgan fingerprint density at radius 2 is 1.63 bits per heavy atom. The molecule has 0 radical (unpaired) electrons. The molecule has 1 saturated carbocycles. The lowest BCUT2D eigenvalue weighted by atomic mass is 10.1. The fraction of sp³-hybridized carbons (Fsp3) is 0.148. The number of pyridine rings is 2. The van der Waals surface area contributed by atoms with Crippen LogP contribution in [0.4, 0.5) is 5.82 Å². The van der Waals surface area contributed by atoms with Gasteiger partial charge in [0.2, 0.25) is 0 Å². The highest BCUT2D eigenvalue weighted by molar-refractivity contribution is 5.95. The van der Waals surface area contributed by atoms with Crippen LogP contribution in [0.25, 0.3) is 28.2 Å². The van der Waals surface area contributed by atoms with Gasteiger partial charge in [-0.1, -0.05) is 12.1 Å². The van der Waals surface area contributed by atoms with Crippen LogP contribution in [0.5, 0.6) is 0 Å². The quantitative estimate of drug-likeness (QED) is 0.374. The van der Waals surface area contributed by atoms with E-state index in [0.717, 1.165) is 46.6 Å². The summed E-state index contributed by atoms with van der Waals surface area (Å²) in [5.74, 6) is 0.659. The zero-order valence-corrected chi connectivity index (χ0v) is 18.9. The minimum absolute atomic E-state index is 0.0241. The normalized spacial score (nSPS) is 13.0. The minimum atomic E-state index is -0.0241. The Hall–Kier alpha value is -4.59. The standard InChI is InChI=1S/C27H23N7O/c35-27(32-22-5-6-22)21-3-1-20(2-4-21)24-16-31-26-25(30-15-18-7-11-28-12-8-18)33-23(17-34(24)26)19-9-13-29-14-10-19/h1-4,7-14,16-17,22H,5-6,15H2,(H,30,33)(H,32,35). The number of carbonyl (C=O) groups excluding carboxylic acids is 1. The highest BCUT2D eigenvalue weighted by atomic mass is 16.1. The maximum atomic E-state index is 12.4. The molecule has 4 heterocycles. The van der Waals surface area contributed by atoms with Crippen molar-refractivity contribution in [1.82, 2.24) is 29.7 Å². The van der Waals surface area contributed by atoms with Crippen LogP contribution in [0.3, 0.4) is 0 Å². The molecule has 1 fully saturated rings. The van der Waals surface area contributed by atoms with E-state index in [1.54, 1.807) is 24.8 Å². The summed E-state index contributed by atoms with van der Waals surface area (Å²) in [5.41, 5.74) is 6.13. The van der Waals surface area contributed by atoms with Gasteiger partial charge in [0.25, 0.3) is 5.91 Å². The number of benzene rings is 1. The van der Waals surface area contributed by atoms with Crippen molar-refractivity contribution in [2.75, 3.05) is 5.32 Å². The lowest BCUT2D eigenvalue weighted by molar-refractivity contribution is 0.0951. The van der Waals surface area contributed by atoms with Crippen LogP contribution in [0, 0.1) is 0 Å². The van der Waals surface area contributed by atoms with Crippen molar-refractivity contribution >= 4 is 17.4 Å². The Balaban J connectivity index is 1.38. The Labute approximate surface area is 202 Å². The predicted octanol–water partition coefficient (Wildman–Crippen LogP) is 4.36. The van der Waals surface area contributed by atoms with Gasteiger partial charge >= 0.3 is 0 Å². The van der Waals surface area contributed by atoms with Gasteiger partial charge in [-0.15, -0.1) is 0 Å². The van der Waals surface area contributed by atoms with Gasteiger partial charge in [-0.3, -0.25) is 19.2 Å². The van der Waals surface area contributed by atoms with Gasteiger partial charge in [0.15, 0.2) is 11.5 Å². The SMILES string of the molecule is O=C(NC1CC1)c1ccc(-c2cnc3c(NCc4ccncc4)nc(-c4ccncc4)cn23)cc1. The molecule has 0 unspecified atom stereocenters. The minimum Gasteiger partial charge on any atom is -0.363 e. The molecule has 0 atom stereocenters. The Morgan fingerprint density at radius 3 is 2.34 bits per heavy atom.